The molecule has 0 atom stereocenters. The zero-order valence-corrected chi connectivity index (χ0v) is 19.0. The second-order valence-electron chi connectivity index (χ2n) is 7.91. The first-order valence-electron chi connectivity index (χ1n) is 10.5. The highest BCUT2D eigenvalue weighted by Gasteiger charge is 2.31. The van der Waals surface area contributed by atoms with Gasteiger partial charge in [-0.15, -0.1) is 13.2 Å². The van der Waals surface area contributed by atoms with E-state index in [-0.39, 0.29) is 34.5 Å². The normalized spacial score (nSPS) is 11.5. The number of ether oxygens (including phenoxy) is 1. The molecule has 2 aromatic heterocycles. The molecule has 0 saturated carbocycles. The Morgan fingerprint density at radius 2 is 1.83 bits per heavy atom. The molecular formula is C24H19F4N5O3. The number of rotatable bonds is 6. The number of aryl methyl sites for hydroxylation is 1. The van der Waals surface area contributed by atoms with Crippen molar-refractivity contribution in [1.29, 1.82) is 0 Å². The van der Waals surface area contributed by atoms with Crippen molar-refractivity contribution < 1.29 is 31.9 Å². The van der Waals surface area contributed by atoms with E-state index < -0.39 is 24.0 Å². The molecule has 12 heteroatoms. The van der Waals surface area contributed by atoms with Gasteiger partial charge in [-0.25, -0.2) is 9.37 Å². The number of benzene rings is 2. The zero-order valence-electron chi connectivity index (χ0n) is 19.0. The number of carbonyl (C=O) groups excluding carboxylic acids is 2. The van der Waals surface area contributed by atoms with Crippen LogP contribution in [-0.2, 0) is 6.54 Å². The number of hydrogen-bond donors (Lipinski definition) is 2. The van der Waals surface area contributed by atoms with Crippen LogP contribution >= 0.6 is 0 Å². The van der Waals surface area contributed by atoms with Crippen LogP contribution in [0.4, 0.5) is 23.2 Å². The second-order valence-corrected chi connectivity index (χ2v) is 7.91. The molecule has 2 heterocycles. The Labute approximate surface area is 201 Å². The van der Waals surface area contributed by atoms with Crippen LogP contribution in [0.3, 0.4) is 0 Å². The summed E-state index contributed by atoms with van der Waals surface area (Å²) in [6, 6.07) is 10.6. The average Bonchev–Trinajstić information content (AvgIpc) is 3.04. The molecule has 4 aromatic rings. The van der Waals surface area contributed by atoms with E-state index in [4.69, 9.17) is 5.73 Å². The van der Waals surface area contributed by atoms with E-state index in [0.29, 0.717) is 22.6 Å². The van der Waals surface area contributed by atoms with E-state index in [1.807, 2.05) is 0 Å². The molecule has 0 unspecified atom stereocenters. The summed E-state index contributed by atoms with van der Waals surface area (Å²) in [4.78, 5) is 29.0. The van der Waals surface area contributed by atoms with Crippen LogP contribution in [-0.4, -0.2) is 32.9 Å². The number of nitrogens with one attached hydrogen (secondary N) is 1. The molecule has 0 fully saturated rings. The standard InChI is InChI=1S/C24H19F4N5O3/c1-12-21(13(2)33(32-12)11-14-5-3-6-15(9-14)36-24(26,27)28)31-23(35)19-10-16(22(29)34)20-17(25)7-4-8-18(20)30-19/h3-10H,11H2,1-2H3,(H2,29,34)(H,31,35). The van der Waals surface area contributed by atoms with Crippen LogP contribution < -0.4 is 15.8 Å². The number of hydrogen-bond acceptors (Lipinski definition) is 5. The third kappa shape index (κ3) is 5.11. The summed E-state index contributed by atoms with van der Waals surface area (Å²) in [5.41, 5.74) is 6.92. The predicted octanol–water partition coefficient (Wildman–Crippen LogP) is 4.49. The van der Waals surface area contributed by atoms with Gasteiger partial charge in [-0.1, -0.05) is 18.2 Å². The van der Waals surface area contributed by atoms with E-state index in [0.717, 1.165) is 12.1 Å². The summed E-state index contributed by atoms with van der Waals surface area (Å²) >= 11 is 0. The van der Waals surface area contributed by atoms with Crippen molar-refractivity contribution in [2.24, 2.45) is 5.73 Å². The van der Waals surface area contributed by atoms with E-state index in [9.17, 15) is 27.2 Å². The molecule has 36 heavy (non-hydrogen) atoms. The molecule has 4 rings (SSSR count). The lowest BCUT2D eigenvalue weighted by Crippen LogP contribution is -2.18. The highest BCUT2D eigenvalue weighted by atomic mass is 19.4. The minimum atomic E-state index is -4.81. The van der Waals surface area contributed by atoms with Crippen LogP contribution in [0.25, 0.3) is 10.9 Å². The molecule has 0 spiro atoms. The maximum atomic E-state index is 14.3. The van der Waals surface area contributed by atoms with E-state index in [2.05, 4.69) is 20.1 Å². The Morgan fingerprint density at radius 3 is 2.53 bits per heavy atom. The molecule has 0 aliphatic carbocycles. The molecule has 8 nitrogen and oxygen atoms in total. The predicted molar refractivity (Wildman–Crippen MR) is 122 cm³/mol. The van der Waals surface area contributed by atoms with Gasteiger partial charge >= 0.3 is 6.36 Å². The SMILES string of the molecule is Cc1nn(Cc2cccc(OC(F)(F)F)c2)c(C)c1NC(=O)c1cc(C(N)=O)c2c(F)cccc2n1. The highest BCUT2D eigenvalue weighted by Crippen LogP contribution is 2.26. The van der Waals surface area contributed by atoms with Crippen molar-refractivity contribution in [2.45, 2.75) is 26.8 Å². The van der Waals surface area contributed by atoms with E-state index in [1.54, 1.807) is 19.9 Å². The summed E-state index contributed by atoms with van der Waals surface area (Å²) in [5.74, 6) is -2.66. The maximum absolute atomic E-state index is 14.3. The van der Waals surface area contributed by atoms with Crippen LogP contribution in [0.1, 0.15) is 37.8 Å². The fourth-order valence-corrected chi connectivity index (χ4v) is 3.78. The number of nitrogens with zero attached hydrogens (tertiary/aromatic N) is 3. The number of aromatic nitrogens is 3. The minimum absolute atomic E-state index is 0.0848. The summed E-state index contributed by atoms with van der Waals surface area (Å²) in [5, 5.41) is 6.96. The minimum Gasteiger partial charge on any atom is -0.406 e. The summed E-state index contributed by atoms with van der Waals surface area (Å²) in [7, 11) is 0. The molecule has 2 amide bonds. The Hall–Kier alpha value is -4.48. The van der Waals surface area contributed by atoms with Gasteiger partial charge in [-0.05, 0) is 49.7 Å². The third-order valence-electron chi connectivity index (χ3n) is 5.37. The number of halogens is 4. The lowest BCUT2D eigenvalue weighted by Gasteiger charge is -2.11. The van der Waals surface area contributed by atoms with Crippen LogP contribution in [0, 0.1) is 19.7 Å². The van der Waals surface area contributed by atoms with Gasteiger partial charge in [-0.3, -0.25) is 14.3 Å². The Kier molecular flexibility index (Phi) is 6.35. The molecule has 0 saturated heterocycles. The van der Waals surface area contributed by atoms with E-state index in [1.165, 1.54) is 35.0 Å². The van der Waals surface area contributed by atoms with Gasteiger partial charge in [0.1, 0.15) is 17.3 Å². The average molecular weight is 501 g/mol. The summed E-state index contributed by atoms with van der Waals surface area (Å²) in [6.45, 7) is 3.42. The van der Waals surface area contributed by atoms with Gasteiger partial charge in [-0.2, -0.15) is 5.10 Å². The van der Waals surface area contributed by atoms with Gasteiger partial charge < -0.3 is 15.8 Å². The van der Waals surface area contributed by atoms with Gasteiger partial charge in [0, 0.05) is 5.39 Å². The van der Waals surface area contributed by atoms with Crippen molar-refractivity contribution in [3.63, 3.8) is 0 Å². The number of alkyl halides is 3. The Balaban J connectivity index is 1.61. The number of amides is 2. The number of anilines is 1. The van der Waals surface area contributed by atoms with Crippen molar-refractivity contribution >= 4 is 28.4 Å². The molecule has 0 radical (unpaired) electrons. The van der Waals surface area contributed by atoms with Gasteiger partial charge in [0.2, 0.25) is 5.91 Å². The first-order chi connectivity index (χ1) is 16.9. The van der Waals surface area contributed by atoms with Crippen LogP contribution in [0.5, 0.6) is 5.75 Å². The molecule has 186 valence electrons. The smallest absolute Gasteiger partial charge is 0.406 e. The van der Waals surface area contributed by atoms with Gasteiger partial charge in [0.15, 0.2) is 0 Å². The fraction of sp³-hybridized carbons (Fsp3) is 0.167. The largest absolute Gasteiger partial charge is 0.573 e. The first kappa shape index (κ1) is 24.6. The van der Waals surface area contributed by atoms with Gasteiger partial charge in [0.25, 0.3) is 5.91 Å². The molecule has 3 N–H and O–H groups in total. The monoisotopic (exact) mass is 501 g/mol. The Bertz CT molecular complexity index is 1500. The zero-order chi connectivity index (χ0) is 26.2. The van der Waals surface area contributed by atoms with Gasteiger partial charge in [0.05, 0.1) is 34.7 Å². The molecule has 0 aliphatic heterocycles. The van der Waals surface area contributed by atoms with E-state index >= 15 is 0 Å². The molecular weight excluding hydrogens is 482 g/mol. The summed E-state index contributed by atoms with van der Waals surface area (Å²) < 4.78 is 57.3. The van der Waals surface area contributed by atoms with Crippen molar-refractivity contribution in [1.82, 2.24) is 14.8 Å². The summed E-state index contributed by atoms with van der Waals surface area (Å²) in [6.07, 6.45) is -4.81. The van der Waals surface area contributed by atoms with Crippen LogP contribution in [0.2, 0.25) is 0 Å². The lowest BCUT2D eigenvalue weighted by atomic mass is 10.1. The second kappa shape index (κ2) is 9.29. The number of nitrogens with two attached hydrogens (primary N) is 1. The maximum Gasteiger partial charge on any atom is 0.573 e. The number of primary amides is 1. The van der Waals surface area contributed by atoms with Crippen LogP contribution in [0.15, 0.2) is 48.5 Å². The third-order valence-corrected chi connectivity index (χ3v) is 5.37. The first-order valence-corrected chi connectivity index (χ1v) is 10.5. The van der Waals surface area contributed by atoms with Crippen molar-refractivity contribution in [3.8, 4) is 5.75 Å². The Morgan fingerprint density at radius 1 is 1.11 bits per heavy atom. The lowest BCUT2D eigenvalue weighted by molar-refractivity contribution is -0.274. The quantitative estimate of drug-likeness (QED) is 0.378. The van der Waals surface area contributed by atoms with Crippen molar-refractivity contribution in [2.75, 3.05) is 5.32 Å². The number of carbonyl (C=O) groups is 2. The fourth-order valence-electron chi connectivity index (χ4n) is 3.78. The molecule has 0 bridgehead atoms. The highest BCUT2D eigenvalue weighted by molar-refractivity contribution is 6.10. The molecule has 2 aromatic carbocycles. The number of pyridine rings is 1. The topological polar surface area (TPSA) is 112 Å². The number of fused-ring (bicyclic) bond motifs is 1. The van der Waals surface area contributed by atoms with Crippen molar-refractivity contribution in [3.05, 3.63) is 82.6 Å². The molecule has 0 aliphatic rings.